The molecule has 0 bridgehead atoms. The number of anilines is 1. The topological polar surface area (TPSA) is 86.8 Å². The van der Waals surface area contributed by atoms with Crippen LogP contribution in [-0.2, 0) is 26.2 Å². The molecule has 168 valence electrons. The third-order valence-corrected chi connectivity index (χ3v) is 6.90. The van der Waals surface area contributed by atoms with Crippen LogP contribution in [0, 0.1) is 0 Å². The fourth-order valence-electron chi connectivity index (χ4n) is 3.15. The Balaban J connectivity index is 2.46. The molecule has 0 radical (unpaired) electrons. The molecule has 2 rings (SSSR count). The Hall–Kier alpha value is -2.10. The molecule has 31 heavy (non-hydrogen) atoms. The molecule has 0 aromatic heterocycles. The maximum atomic E-state index is 13.4. The van der Waals surface area contributed by atoms with Gasteiger partial charge in [-0.05, 0) is 46.1 Å². The van der Waals surface area contributed by atoms with Gasteiger partial charge < -0.3 is 10.2 Å². The van der Waals surface area contributed by atoms with E-state index in [-0.39, 0.29) is 12.5 Å². The number of hydrogen-bond donors (Lipinski definition) is 1. The summed E-state index contributed by atoms with van der Waals surface area (Å²) in [5.41, 5.74) is 0.996. The number of halogens is 2. The van der Waals surface area contributed by atoms with E-state index < -0.39 is 28.5 Å². The van der Waals surface area contributed by atoms with E-state index in [0.717, 1.165) is 10.6 Å². The second-order valence-electron chi connectivity index (χ2n) is 6.87. The molecule has 2 amide bonds. The van der Waals surface area contributed by atoms with Gasteiger partial charge in [-0.3, -0.25) is 13.9 Å². The molecule has 2 aromatic carbocycles. The van der Waals surface area contributed by atoms with Crippen LogP contribution in [0.1, 0.15) is 18.9 Å². The molecule has 0 aliphatic rings. The van der Waals surface area contributed by atoms with Gasteiger partial charge in [0, 0.05) is 23.1 Å². The lowest BCUT2D eigenvalue weighted by molar-refractivity contribution is -0.140. The highest BCUT2D eigenvalue weighted by molar-refractivity contribution is 9.10. The summed E-state index contributed by atoms with van der Waals surface area (Å²) in [6.45, 7) is 1.40. The number of rotatable bonds is 9. The van der Waals surface area contributed by atoms with Crippen molar-refractivity contribution in [3.05, 3.63) is 63.6 Å². The van der Waals surface area contributed by atoms with Gasteiger partial charge in [0.05, 0.1) is 11.9 Å². The number of nitrogens with zero attached hydrogens (tertiary/aromatic N) is 2. The Morgan fingerprint density at radius 2 is 1.74 bits per heavy atom. The summed E-state index contributed by atoms with van der Waals surface area (Å²) in [6, 6.07) is 13.0. The standard InChI is InChI=1S/C21H25BrClN3O4S/c1-4-18(21(28)24-2)25(13-15-9-5-7-11-17(15)23)20(27)14-26(31(3,29)30)19-12-8-6-10-16(19)22/h5-12,18H,4,13-14H2,1-3H3,(H,24,28). The summed E-state index contributed by atoms with van der Waals surface area (Å²) in [5.74, 6) is -0.855. The molecule has 0 aliphatic heterocycles. The predicted octanol–water partition coefficient (Wildman–Crippen LogP) is 3.42. The van der Waals surface area contributed by atoms with Gasteiger partial charge in [-0.1, -0.05) is 48.9 Å². The quantitative estimate of drug-likeness (QED) is 0.538. The molecule has 1 N–H and O–H groups in total. The Kier molecular flexibility index (Phi) is 8.90. The molecule has 10 heteroatoms. The van der Waals surface area contributed by atoms with Gasteiger partial charge in [0.1, 0.15) is 12.6 Å². The zero-order chi connectivity index (χ0) is 23.2. The molecule has 0 saturated carbocycles. The number of benzene rings is 2. The van der Waals surface area contributed by atoms with Crippen LogP contribution in [0.3, 0.4) is 0 Å². The highest BCUT2D eigenvalue weighted by Gasteiger charge is 2.32. The first-order valence-electron chi connectivity index (χ1n) is 9.56. The minimum Gasteiger partial charge on any atom is -0.357 e. The number of likely N-dealkylation sites (N-methyl/N-ethyl adjacent to an activating group) is 1. The summed E-state index contributed by atoms with van der Waals surface area (Å²) in [6.07, 6.45) is 1.39. The van der Waals surface area contributed by atoms with Crippen molar-refractivity contribution in [3.8, 4) is 0 Å². The lowest BCUT2D eigenvalue weighted by Gasteiger charge is -2.33. The molecule has 1 unspecified atom stereocenters. The first kappa shape index (κ1) is 25.2. The van der Waals surface area contributed by atoms with E-state index in [1.165, 1.54) is 11.9 Å². The lowest BCUT2D eigenvalue weighted by Crippen LogP contribution is -2.51. The third-order valence-electron chi connectivity index (χ3n) is 4.73. The number of amides is 2. The van der Waals surface area contributed by atoms with Crippen LogP contribution >= 0.6 is 27.5 Å². The Bertz CT molecular complexity index is 1050. The van der Waals surface area contributed by atoms with E-state index in [1.54, 1.807) is 55.5 Å². The minimum atomic E-state index is -3.78. The van der Waals surface area contributed by atoms with E-state index in [2.05, 4.69) is 21.2 Å². The van der Waals surface area contributed by atoms with Crippen molar-refractivity contribution in [2.45, 2.75) is 25.9 Å². The van der Waals surface area contributed by atoms with Crippen molar-refractivity contribution >= 4 is 55.1 Å². The lowest BCUT2D eigenvalue weighted by atomic mass is 10.1. The highest BCUT2D eigenvalue weighted by atomic mass is 79.9. The second-order valence-corrected chi connectivity index (χ2v) is 10.0. The zero-order valence-corrected chi connectivity index (χ0v) is 20.7. The molecule has 0 aliphatic carbocycles. The molecule has 0 saturated heterocycles. The number of carbonyl (C=O) groups is 2. The van der Waals surface area contributed by atoms with Crippen molar-refractivity contribution in [2.75, 3.05) is 24.2 Å². The average molecular weight is 531 g/mol. The van der Waals surface area contributed by atoms with Crippen molar-refractivity contribution in [2.24, 2.45) is 0 Å². The maximum absolute atomic E-state index is 13.4. The monoisotopic (exact) mass is 529 g/mol. The second kappa shape index (κ2) is 11.0. The molecular formula is C21H25BrClN3O4S. The summed E-state index contributed by atoms with van der Waals surface area (Å²) in [4.78, 5) is 27.3. The van der Waals surface area contributed by atoms with Crippen LogP contribution in [0.4, 0.5) is 5.69 Å². The van der Waals surface area contributed by atoms with Gasteiger partial charge in [0.2, 0.25) is 21.8 Å². The van der Waals surface area contributed by atoms with Crippen molar-refractivity contribution in [3.63, 3.8) is 0 Å². The van der Waals surface area contributed by atoms with E-state index in [1.807, 2.05) is 0 Å². The molecule has 0 fully saturated rings. The zero-order valence-electron chi connectivity index (χ0n) is 17.5. The molecule has 0 heterocycles. The molecule has 2 aromatic rings. The van der Waals surface area contributed by atoms with Gasteiger partial charge in [-0.2, -0.15) is 0 Å². The van der Waals surface area contributed by atoms with E-state index in [0.29, 0.717) is 27.2 Å². The minimum absolute atomic E-state index is 0.0675. The van der Waals surface area contributed by atoms with Gasteiger partial charge in [0.15, 0.2) is 0 Å². The van der Waals surface area contributed by atoms with Crippen molar-refractivity contribution in [1.82, 2.24) is 10.2 Å². The number of carbonyl (C=O) groups excluding carboxylic acids is 2. The molecule has 0 spiro atoms. The van der Waals surface area contributed by atoms with Crippen LogP contribution in [0.15, 0.2) is 53.0 Å². The summed E-state index contributed by atoms with van der Waals surface area (Å²) in [7, 11) is -2.29. The number of hydrogen-bond acceptors (Lipinski definition) is 4. The van der Waals surface area contributed by atoms with Crippen LogP contribution in [-0.4, -0.2) is 51.0 Å². The predicted molar refractivity (Wildman–Crippen MR) is 126 cm³/mol. The smallest absolute Gasteiger partial charge is 0.244 e. The van der Waals surface area contributed by atoms with Crippen LogP contribution in [0.5, 0.6) is 0 Å². The average Bonchev–Trinajstić information content (AvgIpc) is 2.72. The largest absolute Gasteiger partial charge is 0.357 e. The Morgan fingerprint density at radius 3 is 2.29 bits per heavy atom. The fraction of sp³-hybridized carbons (Fsp3) is 0.333. The Morgan fingerprint density at radius 1 is 1.13 bits per heavy atom. The van der Waals surface area contributed by atoms with Crippen molar-refractivity contribution in [1.29, 1.82) is 0 Å². The molecular weight excluding hydrogens is 506 g/mol. The molecule has 7 nitrogen and oxygen atoms in total. The first-order chi connectivity index (χ1) is 14.6. The highest BCUT2D eigenvalue weighted by Crippen LogP contribution is 2.28. The fourth-order valence-corrected chi connectivity index (χ4v) is 4.82. The summed E-state index contributed by atoms with van der Waals surface area (Å²) in [5, 5.41) is 3.03. The maximum Gasteiger partial charge on any atom is 0.244 e. The van der Waals surface area contributed by atoms with Gasteiger partial charge >= 0.3 is 0 Å². The van der Waals surface area contributed by atoms with Crippen LogP contribution in [0.2, 0.25) is 5.02 Å². The van der Waals surface area contributed by atoms with Crippen LogP contribution in [0.25, 0.3) is 0 Å². The first-order valence-corrected chi connectivity index (χ1v) is 12.6. The SMILES string of the molecule is CCC(C(=O)NC)N(Cc1ccccc1Cl)C(=O)CN(c1ccccc1Br)S(C)(=O)=O. The van der Waals surface area contributed by atoms with E-state index in [4.69, 9.17) is 11.6 Å². The van der Waals surface area contributed by atoms with Gasteiger partial charge in [-0.25, -0.2) is 8.42 Å². The number of sulfonamides is 1. The molecule has 1 atom stereocenters. The third kappa shape index (κ3) is 6.44. The normalized spacial score (nSPS) is 12.2. The summed E-state index contributed by atoms with van der Waals surface area (Å²) < 4.78 is 26.6. The van der Waals surface area contributed by atoms with Gasteiger partial charge in [0.25, 0.3) is 0 Å². The number of para-hydroxylation sites is 1. The van der Waals surface area contributed by atoms with Crippen LogP contribution < -0.4 is 9.62 Å². The van der Waals surface area contributed by atoms with E-state index in [9.17, 15) is 18.0 Å². The summed E-state index contributed by atoms with van der Waals surface area (Å²) >= 11 is 9.62. The van der Waals surface area contributed by atoms with Gasteiger partial charge in [-0.15, -0.1) is 0 Å². The Labute approximate surface area is 196 Å². The number of nitrogens with one attached hydrogen (secondary N) is 1. The van der Waals surface area contributed by atoms with Crippen molar-refractivity contribution < 1.29 is 18.0 Å². The van der Waals surface area contributed by atoms with E-state index >= 15 is 0 Å².